The molecular formula is C10H12ClFO. The molecule has 0 unspecified atom stereocenters. The van der Waals surface area contributed by atoms with Gasteiger partial charge in [-0.1, -0.05) is 31.0 Å². The molecule has 1 N–H and O–H groups in total. The first-order valence-electron chi connectivity index (χ1n) is 4.28. The first kappa shape index (κ1) is 10.5. The maximum atomic E-state index is 12.9. The van der Waals surface area contributed by atoms with E-state index in [0.29, 0.717) is 12.0 Å². The van der Waals surface area contributed by atoms with E-state index < -0.39 is 11.9 Å². The summed E-state index contributed by atoms with van der Waals surface area (Å²) in [5, 5.41) is 9.62. The molecule has 0 aliphatic rings. The molecule has 0 bridgehead atoms. The highest BCUT2D eigenvalue weighted by atomic mass is 35.5. The second-order valence-corrected chi connectivity index (χ2v) is 3.39. The lowest BCUT2D eigenvalue weighted by Crippen LogP contribution is -1.97. The summed E-state index contributed by atoms with van der Waals surface area (Å²) in [7, 11) is 0. The molecule has 0 spiro atoms. The lowest BCUT2D eigenvalue weighted by atomic mass is 10.1. The van der Waals surface area contributed by atoms with Crippen molar-refractivity contribution in [3.63, 3.8) is 0 Å². The van der Waals surface area contributed by atoms with Gasteiger partial charge in [-0.25, -0.2) is 4.39 Å². The molecule has 0 amide bonds. The minimum absolute atomic E-state index is 0.0902. The minimum Gasteiger partial charge on any atom is -0.388 e. The van der Waals surface area contributed by atoms with Crippen LogP contribution < -0.4 is 0 Å². The molecule has 72 valence electrons. The van der Waals surface area contributed by atoms with E-state index in [4.69, 9.17) is 11.6 Å². The topological polar surface area (TPSA) is 20.2 Å². The second-order valence-electron chi connectivity index (χ2n) is 2.98. The van der Waals surface area contributed by atoms with E-state index in [0.717, 1.165) is 6.42 Å². The fourth-order valence-corrected chi connectivity index (χ4v) is 1.28. The van der Waals surface area contributed by atoms with Crippen LogP contribution in [-0.4, -0.2) is 5.11 Å². The van der Waals surface area contributed by atoms with E-state index in [1.54, 1.807) is 6.07 Å². The van der Waals surface area contributed by atoms with E-state index in [-0.39, 0.29) is 5.02 Å². The SMILES string of the molecule is CCC[C@@H](O)c1ccc(Cl)c(F)c1. The molecule has 0 radical (unpaired) electrons. The Bertz CT molecular complexity index is 288. The van der Waals surface area contributed by atoms with Crippen molar-refractivity contribution >= 4 is 11.6 Å². The monoisotopic (exact) mass is 202 g/mol. The number of halogens is 2. The molecule has 1 aromatic rings. The Morgan fingerprint density at radius 2 is 2.23 bits per heavy atom. The molecule has 3 heteroatoms. The average molecular weight is 203 g/mol. The number of hydrogen-bond donors (Lipinski definition) is 1. The third-order valence-electron chi connectivity index (χ3n) is 1.89. The molecule has 1 rings (SSSR count). The fraction of sp³-hybridized carbons (Fsp3) is 0.400. The van der Waals surface area contributed by atoms with Gasteiger partial charge in [-0.3, -0.25) is 0 Å². The zero-order valence-corrected chi connectivity index (χ0v) is 8.18. The van der Waals surface area contributed by atoms with Gasteiger partial charge in [0.05, 0.1) is 11.1 Å². The smallest absolute Gasteiger partial charge is 0.142 e. The zero-order valence-electron chi connectivity index (χ0n) is 7.43. The van der Waals surface area contributed by atoms with E-state index in [1.165, 1.54) is 12.1 Å². The average Bonchev–Trinajstić information content (AvgIpc) is 2.10. The fourth-order valence-electron chi connectivity index (χ4n) is 1.16. The van der Waals surface area contributed by atoms with Crippen molar-refractivity contribution in [2.45, 2.75) is 25.9 Å². The van der Waals surface area contributed by atoms with Gasteiger partial charge < -0.3 is 5.11 Å². The van der Waals surface area contributed by atoms with Crippen molar-refractivity contribution in [1.82, 2.24) is 0 Å². The van der Waals surface area contributed by atoms with E-state index in [9.17, 15) is 9.50 Å². The normalized spacial score (nSPS) is 12.9. The van der Waals surface area contributed by atoms with Gasteiger partial charge in [0.1, 0.15) is 5.82 Å². The van der Waals surface area contributed by atoms with Gasteiger partial charge in [0.25, 0.3) is 0 Å². The number of aliphatic hydroxyl groups excluding tert-OH is 1. The van der Waals surface area contributed by atoms with Gasteiger partial charge in [0.15, 0.2) is 0 Å². The van der Waals surface area contributed by atoms with Crippen molar-refractivity contribution in [2.75, 3.05) is 0 Å². The third kappa shape index (κ3) is 2.68. The molecule has 1 aromatic carbocycles. The number of benzene rings is 1. The molecule has 0 aliphatic carbocycles. The van der Waals surface area contributed by atoms with Gasteiger partial charge in [0.2, 0.25) is 0 Å². The minimum atomic E-state index is -0.586. The van der Waals surface area contributed by atoms with Gasteiger partial charge in [-0.2, -0.15) is 0 Å². The summed E-state index contributed by atoms with van der Waals surface area (Å²) >= 11 is 5.51. The van der Waals surface area contributed by atoms with Crippen molar-refractivity contribution in [1.29, 1.82) is 0 Å². The summed E-state index contributed by atoms with van der Waals surface area (Å²) in [6.45, 7) is 1.97. The van der Waals surface area contributed by atoms with Crippen LogP contribution in [-0.2, 0) is 0 Å². The summed E-state index contributed by atoms with van der Waals surface area (Å²) in [6.07, 6.45) is 0.920. The zero-order chi connectivity index (χ0) is 9.84. The molecule has 13 heavy (non-hydrogen) atoms. The van der Waals surface area contributed by atoms with Crippen LogP contribution in [0.5, 0.6) is 0 Å². The number of aliphatic hydroxyl groups is 1. The molecule has 0 aromatic heterocycles. The molecule has 0 aliphatic heterocycles. The van der Waals surface area contributed by atoms with Gasteiger partial charge >= 0.3 is 0 Å². The first-order chi connectivity index (χ1) is 6.15. The molecular weight excluding hydrogens is 191 g/mol. The number of hydrogen-bond acceptors (Lipinski definition) is 1. The Balaban J connectivity index is 2.84. The molecule has 0 heterocycles. The van der Waals surface area contributed by atoms with Crippen molar-refractivity contribution < 1.29 is 9.50 Å². The maximum absolute atomic E-state index is 12.9. The highest BCUT2D eigenvalue weighted by molar-refractivity contribution is 6.30. The van der Waals surface area contributed by atoms with Crippen LogP contribution in [0.3, 0.4) is 0 Å². The Morgan fingerprint density at radius 3 is 2.77 bits per heavy atom. The Kier molecular flexibility index (Phi) is 3.70. The van der Waals surface area contributed by atoms with Gasteiger partial charge in [-0.05, 0) is 24.1 Å². The predicted octanol–water partition coefficient (Wildman–Crippen LogP) is 3.31. The summed E-state index contributed by atoms with van der Waals surface area (Å²) in [5.41, 5.74) is 0.587. The molecule has 0 saturated carbocycles. The molecule has 0 saturated heterocycles. The summed E-state index contributed by atoms with van der Waals surface area (Å²) in [6, 6.07) is 4.39. The standard InChI is InChI=1S/C10H12ClFO/c1-2-3-10(13)7-4-5-8(11)9(12)6-7/h4-6,10,13H,2-3H2,1H3/t10-/m1/s1. The van der Waals surface area contributed by atoms with Crippen LogP contribution in [0.25, 0.3) is 0 Å². The van der Waals surface area contributed by atoms with Gasteiger partial charge in [0, 0.05) is 0 Å². The van der Waals surface area contributed by atoms with E-state index in [2.05, 4.69) is 0 Å². The summed E-state index contributed by atoms with van der Waals surface area (Å²) < 4.78 is 12.9. The highest BCUT2D eigenvalue weighted by Crippen LogP contribution is 2.22. The Hall–Kier alpha value is -0.600. The molecule has 1 nitrogen and oxygen atoms in total. The van der Waals surface area contributed by atoms with Crippen molar-refractivity contribution in [2.24, 2.45) is 0 Å². The highest BCUT2D eigenvalue weighted by Gasteiger charge is 2.08. The second kappa shape index (κ2) is 4.58. The largest absolute Gasteiger partial charge is 0.388 e. The Morgan fingerprint density at radius 1 is 1.54 bits per heavy atom. The van der Waals surface area contributed by atoms with Crippen molar-refractivity contribution in [3.8, 4) is 0 Å². The van der Waals surface area contributed by atoms with Crippen LogP contribution >= 0.6 is 11.6 Å². The van der Waals surface area contributed by atoms with Crippen LogP contribution in [0.1, 0.15) is 31.4 Å². The molecule has 0 fully saturated rings. The van der Waals surface area contributed by atoms with Gasteiger partial charge in [-0.15, -0.1) is 0 Å². The predicted molar refractivity (Wildman–Crippen MR) is 51.3 cm³/mol. The van der Waals surface area contributed by atoms with E-state index >= 15 is 0 Å². The lowest BCUT2D eigenvalue weighted by Gasteiger charge is -2.09. The lowest BCUT2D eigenvalue weighted by molar-refractivity contribution is 0.166. The quantitative estimate of drug-likeness (QED) is 0.798. The summed E-state index contributed by atoms with van der Waals surface area (Å²) in [5.74, 6) is -0.477. The van der Waals surface area contributed by atoms with Crippen LogP contribution in [0, 0.1) is 5.82 Å². The van der Waals surface area contributed by atoms with Crippen LogP contribution in [0.2, 0.25) is 5.02 Å². The summed E-state index contributed by atoms with van der Waals surface area (Å²) in [4.78, 5) is 0. The van der Waals surface area contributed by atoms with Crippen LogP contribution in [0.4, 0.5) is 4.39 Å². The molecule has 1 atom stereocenters. The van der Waals surface area contributed by atoms with Crippen LogP contribution in [0.15, 0.2) is 18.2 Å². The Labute approximate surface area is 82.2 Å². The maximum Gasteiger partial charge on any atom is 0.142 e. The number of rotatable bonds is 3. The van der Waals surface area contributed by atoms with Crippen molar-refractivity contribution in [3.05, 3.63) is 34.6 Å². The first-order valence-corrected chi connectivity index (χ1v) is 4.66. The third-order valence-corrected chi connectivity index (χ3v) is 2.20. The van der Waals surface area contributed by atoms with E-state index in [1.807, 2.05) is 6.92 Å².